The Labute approximate surface area is 163 Å². The number of anilines is 1. The lowest BCUT2D eigenvalue weighted by molar-refractivity contribution is -0.141. The Bertz CT molecular complexity index is 1140. The van der Waals surface area contributed by atoms with E-state index in [2.05, 4.69) is 0 Å². The van der Waals surface area contributed by atoms with E-state index in [-0.39, 0.29) is 17.9 Å². The number of methoxy groups -OCH3 is 1. The average molecular weight is 397 g/mol. The van der Waals surface area contributed by atoms with Crippen molar-refractivity contribution < 1.29 is 22.7 Å². The Balaban J connectivity index is 1.84. The van der Waals surface area contributed by atoms with Crippen molar-refractivity contribution in [1.29, 1.82) is 0 Å². The molecular weight excluding hydrogens is 378 g/mol. The van der Waals surface area contributed by atoms with Gasteiger partial charge in [0.15, 0.2) is 0 Å². The number of benzene rings is 3. The highest BCUT2D eigenvalue weighted by Gasteiger charge is 2.38. The van der Waals surface area contributed by atoms with Crippen molar-refractivity contribution in [3.63, 3.8) is 0 Å². The highest BCUT2D eigenvalue weighted by Crippen LogP contribution is 2.38. The third kappa shape index (κ3) is 3.18. The molecule has 1 aliphatic rings. The van der Waals surface area contributed by atoms with E-state index < -0.39 is 22.0 Å². The van der Waals surface area contributed by atoms with Crippen molar-refractivity contribution in [3.05, 3.63) is 66.7 Å². The van der Waals surface area contributed by atoms with Crippen LogP contribution < -0.4 is 9.04 Å². The number of para-hydroxylation sites is 2. The van der Waals surface area contributed by atoms with E-state index in [9.17, 15) is 13.2 Å². The lowest BCUT2D eigenvalue weighted by atomic mass is 10.1. The maximum Gasteiger partial charge on any atom is 0.307 e. The molecule has 0 fully saturated rings. The van der Waals surface area contributed by atoms with E-state index in [1.165, 1.54) is 11.4 Å². The molecule has 0 aliphatic carbocycles. The number of fused-ring (bicyclic) bond motifs is 2. The number of sulfonamides is 1. The number of carbonyl (C=O) groups excluding carboxylic acids is 1. The van der Waals surface area contributed by atoms with Crippen LogP contribution in [0, 0.1) is 0 Å². The molecule has 1 aliphatic heterocycles. The largest absolute Gasteiger partial charge is 0.489 e. The maximum atomic E-state index is 13.6. The van der Waals surface area contributed by atoms with Crippen LogP contribution in [0.25, 0.3) is 10.8 Å². The Morgan fingerprint density at radius 1 is 1.07 bits per heavy atom. The van der Waals surface area contributed by atoms with Gasteiger partial charge in [-0.05, 0) is 35.0 Å². The number of rotatable bonds is 4. The first-order chi connectivity index (χ1) is 13.5. The molecule has 0 N–H and O–H groups in total. The van der Waals surface area contributed by atoms with E-state index in [4.69, 9.17) is 9.47 Å². The van der Waals surface area contributed by atoms with Gasteiger partial charge in [-0.2, -0.15) is 0 Å². The molecule has 0 saturated heterocycles. The van der Waals surface area contributed by atoms with Crippen LogP contribution in [0.3, 0.4) is 0 Å². The lowest BCUT2D eigenvalue weighted by Crippen LogP contribution is -2.47. The summed E-state index contributed by atoms with van der Waals surface area (Å²) in [6.07, 6.45) is -0.0996. The number of carbonyl (C=O) groups is 1. The van der Waals surface area contributed by atoms with Gasteiger partial charge in [0.05, 0.1) is 30.2 Å². The summed E-state index contributed by atoms with van der Waals surface area (Å²) in [4.78, 5) is 12.0. The molecule has 0 amide bonds. The van der Waals surface area contributed by atoms with Crippen LogP contribution in [0.15, 0.2) is 71.6 Å². The number of hydrogen-bond acceptors (Lipinski definition) is 5. The summed E-state index contributed by atoms with van der Waals surface area (Å²) < 4.78 is 38.9. The SMILES string of the molecule is COC(=O)C[C@H]1COc2ccccc2N1S(=O)(=O)c1ccc2ccccc2c1. The first-order valence-electron chi connectivity index (χ1n) is 8.82. The van der Waals surface area contributed by atoms with E-state index in [1.54, 1.807) is 42.5 Å². The summed E-state index contributed by atoms with van der Waals surface area (Å²) in [5, 5.41) is 1.78. The normalized spacial score (nSPS) is 16.3. The molecule has 28 heavy (non-hydrogen) atoms. The second-order valence-corrected chi connectivity index (χ2v) is 8.34. The Morgan fingerprint density at radius 3 is 2.57 bits per heavy atom. The van der Waals surface area contributed by atoms with Crippen LogP contribution in [0.4, 0.5) is 5.69 Å². The molecule has 0 aromatic heterocycles. The summed E-state index contributed by atoms with van der Waals surface area (Å²) in [6.45, 7) is 0.0684. The molecule has 1 heterocycles. The average Bonchev–Trinajstić information content (AvgIpc) is 2.72. The molecule has 3 aromatic rings. The Kier molecular flexibility index (Phi) is 4.68. The minimum atomic E-state index is -3.92. The molecule has 0 spiro atoms. The number of nitrogens with zero attached hydrogens (tertiary/aromatic N) is 1. The maximum absolute atomic E-state index is 13.6. The molecule has 0 radical (unpaired) electrons. The Hall–Kier alpha value is -3.06. The lowest BCUT2D eigenvalue weighted by Gasteiger charge is -2.37. The van der Waals surface area contributed by atoms with Crippen LogP contribution in [0.2, 0.25) is 0 Å². The third-order valence-electron chi connectivity index (χ3n) is 4.77. The fraction of sp³-hybridized carbons (Fsp3) is 0.190. The molecule has 0 saturated carbocycles. The van der Waals surface area contributed by atoms with E-state index in [1.807, 2.05) is 24.3 Å². The molecule has 4 rings (SSSR count). The van der Waals surface area contributed by atoms with Gasteiger partial charge in [-0.1, -0.05) is 42.5 Å². The summed E-state index contributed by atoms with van der Waals surface area (Å²) in [6, 6.07) is 18.8. The van der Waals surface area contributed by atoms with Crippen molar-refractivity contribution >= 4 is 32.5 Å². The quantitative estimate of drug-likeness (QED) is 0.631. The fourth-order valence-corrected chi connectivity index (χ4v) is 5.08. The van der Waals surface area contributed by atoms with Gasteiger partial charge in [-0.25, -0.2) is 8.42 Å². The van der Waals surface area contributed by atoms with Gasteiger partial charge < -0.3 is 9.47 Å². The first kappa shape index (κ1) is 18.3. The topological polar surface area (TPSA) is 72.9 Å². The summed E-state index contributed by atoms with van der Waals surface area (Å²) in [5.74, 6) is -0.0281. The van der Waals surface area contributed by atoms with Crippen LogP contribution in [-0.2, 0) is 19.6 Å². The number of ether oxygens (including phenoxy) is 2. The van der Waals surface area contributed by atoms with Gasteiger partial charge in [0.25, 0.3) is 10.0 Å². The summed E-state index contributed by atoms with van der Waals surface area (Å²) >= 11 is 0. The molecule has 7 heteroatoms. The smallest absolute Gasteiger partial charge is 0.307 e. The molecule has 3 aromatic carbocycles. The minimum absolute atomic E-state index is 0.0684. The summed E-state index contributed by atoms with van der Waals surface area (Å²) in [7, 11) is -2.64. The monoisotopic (exact) mass is 397 g/mol. The van der Waals surface area contributed by atoms with Gasteiger partial charge in [0.2, 0.25) is 0 Å². The van der Waals surface area contributed by atoms with E-state index >= 15 is 0 Å². The predicted octanol–water partition coefficient (Wildman–Crippen LogP) is 3.36. The molecule has 6 nitrogen and oxygen atoms in total. The zero-order valence-corrected chi connectivity index (χ0v) is 16.1. The molecule has 0 bridgehead atoms. The number of hydrogen-bond donors (Lipinski definition) is 0. The van der Waals surface area contributed by atoms with Crippen molar-refractivity contribution in [3.8, 4) is 5.75 Å². The van der Waals surface area contributed by atoms with Gasteiger partial charge in [0, 0.05) is 0 Å². The summed E-state index contributed by atoms with van der Waals surface area (Å²) in [5.41, 5.74) is 0.413. The molecular formula is C21H19NO5S. The van der Waals surface area contributed by atoms with Crippen LogP contribution >= 0.6 is 0 Å². The molecule has 1 atom stereocenters. The highest BCUT2D eigenvalue weighted by atomic mass is 32.2. The highest BCUT2D eigenvalue weighted by molar-refractivity contribution is 7.92. The zero-order chi connectivity index (χ0) is 19.7. The predicted molar refractivity (Wildman–Crippen MR) is 106 cm³/mol. The van der Waals surface area contributed by atoms with Crippen molar-refractivity contribution in [2.45, 2.75) is 17.4 Å². The van der Waals surface area contributed by atoms with Crippen molar-refractivity contribution in [2.75, 3.05) is 18.0 Å². The second kappa shape index (κ2) is 7.16. The van der Waals surface area contributed by atoms with Crippen molar-refractivity contribution in [2.24, 2.45) is 0 Å². The number of esters is 1. The first-order valence-corrected chi connectivity index (χ1v) is 10.3. The zero-order valence-electron chi connectivity index (χ0n) is 15.2. The molecule has 0 unspecified atom stereocenters. The van der Waals surface area contributed by atoms with E-state index in [0.29, 0.717) is 11.4 Å². The van der Waals surface area contributed by atoms with Gasteiger partial charge in [0.1, 0.15) is 12.4 Å². The van der Waals surface area contributed by atoms with Gasteiger partial charge in [-0.3, -0.25) is 9.10 Å². The van der Waals surface area contributed by atoms with Gasteiger partial charge >= 0.3 is 5.97 Å². The fourth-order valence-electron chi connectivity index (χ4n) is 3.40. The van der Waals surface area contributed by atoms with Crippen LogP contribution in [0.5, 0.6) is 5.75 Å². The third-order valence-corrected chi connectivity index (χ3v) is 6.64. The Morgan fingerprint density at radius 2 is 1.79 bits per heavy atom. The minimum Gasteiger partial charge on any atom is -0.489 e. The van der Waals surface area contributed by atoms with Crippen LogP contribution in [0.1, 0.15) is 6.42 Å². The standard InChI is InChI=1S/C21H19NO5S/c1-26-21(23)13-17-14-27-20-9-5-4-8-19(20)22(17)28(24,25)18-11-10-15-6-2-3-7-16(15)12-18/h2-12,17H,13-14H2,1H3/t17-/m0/s1. The van der Waals surface area contributed by atoms with E-state index in [0.717, 1.165) is 10.8 Å². The van der Waals surface area contributed by atoms with Crippen molar-refractivity contribution in [1.82, 2.24) is 0 Å². The molecule has 144 valence electrons. The second-order valence-electron chi connectivity index (χ2n) is 6.52. The van der Waals surface area contributed by atoms with Crippen LogP contribution in [-0.4, -0.2) is 34.1 Å². The van der Waals surface area contributed by atoms with Gasteiger partial charge in [-0.15, -0.1) is 0 Å².